The van der Waals surface area contributed by atoms with Crippen LogP contribution in [0.2, 0.25) is 0 Å². The van der Waals surface area contributed by atoms with Crippen molar-refractivity contribution in [3.8, 4) is 0 Å². The molecular weight excluding hydrogens is 345 g/mol. The van der Waals surface area contributed by atoms with Crippen molar-refractivity contribution in [3.05, 3.63) is 82.4 Å². The maximum atomic E-state index is 14.3. The number of hydrogen-bond acceptors (Lipinski definition) is 3. The van der Waals surface area contributed by atoms with Gasteiger partial charge < -0.3 is 0 Å². The first-order valence-corrected chi connectivity index (χ1v) is 8.80. The first kappa shape index (κ1) is 17.4. The normalized spacial score (nSPS) is 18.4. The summed E-state index contributed by atoms with van der Waals surface area (Å²) in [4.78, 5) is 13.6. The highest BCUT2D eigenvalue weighted by Gasteiger charge is 2.49. The Morgan fingerprint density at radius 3 is 2.70 bits per heavy atom. The van der Waals surface area contributed by atoms with Crippen molar-refractivity contribution in [3.63, 3.8) is 0 Å². The van der Waals surface area contributed by atoms with Crippen molar-refractivity contribution in [1.82, 2.24) is 10.2 Å². The number of anilines is 1. The van der Waals surface area contributed by atoms with Crippen molar-refractivity contribution in [2.24, 2.45) is 0 Å². The zero-order chi connectivity index (χ0) is 19.2. The van der Waals surface area contributed by atoms with Gasteiger partial charge in [-0.1, -0.05) is 30.3 Å². The number of carbonyl (C=O) groups excluding carboxylic acids is 1. The summed E-state index contributed by atoms with van der Waals surface area (Å²) in [6.45, 7) is 3.49. The zero-order valence-electron chi connectivity index (χ0n) is 15.2. The molecule has 1 atom stereocenters. The van der Waals surface area contributed by atoms with Crippen LogP contribution in [0.15, 0.2) is 48.7 Å². The highest BCUT2D eigenvalue weighted by Crippen LogP contribution is 2.43. The fraction of sp³-hybridized carbons (Fsp3) is 0.238. The minimum absolute atomic E-state index is 0.328. The van der Waals surface area contributed by atoms with Crippen LogP contribution in [0.3, 0.4) is 0 Å². The lowest BCUT2D eigenvalue weighted by molar-refractivity contribution is -0.129. The van der Waals surface area contributed by atoms with E-state index in [-0.39, 0.29) is 5.82 Å². The summed E-state index contributed by atoms with van der Waals surface area (Å²) in [5, 5.41) is 18.5. The van der Waals surface area contributed by atoms with Crippen LogP contribution < -0.4 is 5.06 Å². The van der Waals surface area contributed by atoms with Gasteiger partial charge in [-0.15, -0.1) is 0 Å². The summed E-state index contributed by atoms with van der Waals surface area (Å²) < 4.78 is 14.3. The number of hydrogen-bond donors (Lipinski definition) is 2. The summed E-state index contributed by atoms with van der Waals surface area (Å²) in [6, 6.07) is 11.9. The molecule has 6 heteroatoms. The molecule has 0 bridgehead atoms. The van der Waals surface area contributed by atoms with Crippen molar-refractivity contribution < 1.29 is 14.4 Å². The van der Waals surface area contributed by atoms with Crippen molar-refractivity contribution in [1.29, 1.82) is 0 Å². The first-order chi connectivity index (χ1) is 12.9. The molecule has 1 amide bonds. The summed E-state index contributed by atoms with van der Waals surface area (Å²) in [5.74, 6) is -0.844. The van der Waals surface area contributed by atoms with E-state index in [9.17, 15) is 14.4 Å². The van der Waals surface area contributed by atoms with Gasteiger partial charge in [-0.05, 0) is 54.7 Å². The number of carbonyl (C=O) groups is 1. The van der Waals surface area contributed by atoms with E-state index in [1.54, 1.807) is 37.4 Å². The van der Waals surface area contributed by atoms with Gasteiger partial charge >= 0.3 is 0 Å². The van der Waals surface area contributed by atoms with Crippen LogP contribution in [0, 0.1) is 19.7 Å². The molecule has 0 aliphatic heterocycles. The van der Waals surface area contributed by atoms with E-state index < -0.39 is 11.3 Å². The third-order valence-corrected chi connectivity index (χ3v) is 5.51. The van der Waals surface area contributed by atoms with E-state index >= 15 is 0 Å². The molecular formula is C21H20FN3O2. The van der Waals surface area contributed by atoms with Crippen molar-refractivity contribution >= 4 is 11.6 Å². The molecule has 1 heterocycles. The Labute approximate surface area is 156 Å². The fourth-order valence-electron chi connectivity index (χ4n) is 4.03. The lowest BCUT2D eigenvalue weighted by atomic mass is 9.74. The minimum Gasteiger partial charge on any atom is -0.282 e. The molecule has 27 heavy (non-hydrogen) atoms. The monoisotopic (exact) mass is 365 g/mol. The molecule has 2 N–H and O–H groups in total. The third-order valence-electron chi connectivity index (χ3n) is 5.51. The molecule has 4 rings (SSSR count). The number of rotatable bonds is 3. The molecule has 3 aromatic rings. The van der Waals surface area contributed by atoms with E-state index in [1.165, 1.54) is 6.07 Å². The number of para-hydroxylation sites is 1. The van der Waals surface area contributed by atoms with Crippen LogP contribution in [0.5, 0.6) is 0 Å². The molecule has 0 saturated heterocycles. The number of benzene rings is 2. The maximum absolute atomic E-state index is 14.3. The number of halogens is 1. The summed E-state index contributed by atoms with van der Waals surface area (Å²) >= 11 is 0. The number of aryl methyl sites for hydroxylation is 1. The van der Waals surface area contributed by atoms with E-state index in [0.717, 1.165) is 16.8 Å². The average Bonchev–Trinajstić information content (AvgIpc) is 3.23. The molecule has 0 saturated carbocycles. The molecule has 1 aliphatic carbocycles. The maximum Gasteiger partial charge on any atom is 0.262 e. The number of aromatic amines is 1. The van der Waals surface area contributed by atoms with Crippen molar-refractivity contribution in [2.75, 3.05) is 5.06 Å². The number of nitrogens with one attached hydrogen (secondary N) is 1. The number of amides is 1. The lowest BCUT2D eigenvalue weighted by Crippen LogP contribution is -2.47. The summed E-state index contributed by atoms with van der Waals surface area (Å²) in [7, 11) is 0. The van der Waals surface area contributed by atoms with Gasteiger partial charge in [0.2, 0.25) is 0 Å². The number of nitrogens with zero attached hydrogens (tertiary/aromatic N) is 2. The van der Waals surface area contributed by atoms with Gasteiger partial charge in [-0.2, -0.15) is 10.2 Å². The Bertz CT molecular complexity index is 1010. The van der Waals surface area contributed by atoms with Gasteiger partial charge in [0.05, 0.1) is 17.3 Å². The Kier molecular flexibility index (Phi) is 4.08. The Morgan fingerprint density at radius 2 is 1.96 bits per heavy atom. The molecule has 5 nitrogen and oxygen atoms in total. The summed E-state index contributed by atoms with van der Waals surface area (Å²) in [6.07, 6.45) is 2.37. The fourth-order valence-corrected chi connectivity index (χ4v) is 4.03. The van der Waals surface area contributed by atoms with Gasteiger partial charge in [0, 0.05) is 12.1 Å². The van der Waals surface area contributed by atoms with Crippen LogP contribution in [-0.4, -0.2) is 21.3 Å². The molecule has 1 aromatic heterocycles. The van der Waals surface area contributed by atoms with Crippen LogP contribution >= 0.6 is 0 Å². The van der Waals surface area contributed by atoms with Crippen LogP contribution in [-0.2, 0) is 23.1 Å². The zero-order valence-corrected chi connectivity index (χ0v) is 15.2. The smallest absolute Gasteiger partial charge is 0.262 e. The second kappa shape index (κ2) is 6.32. The summed E-state index contributed by atoms with van der Waals surface area (Å²) in [5.41, 5.74) is 2.86. The standard InChI is InChI=1S/C21H20FN3O2/c1-13-6-3-4-9-19(13)25(27)20(26)21(10-15-12-23-24-18(15)11-21)16-7-5-8-17(22)14(16)2/h3-9,12,27H,10-11H2,1-2H3,(H,23,24)/t21-/m0/s1. The molecule has 0 spiro atoms. The van der Waals surface area contributed by atoms with E-state index in [4.69, 9.17) is 0 Å². The SMILES string of the molecule is Cc1ccccc1N(O)C(=O)[C@@]1(c2cccc(F)c2C)Cc2cn[nH]c2C1. The topological polar surface area (TPSA) is 69.2 Å². The molecule has 0 radical (unpaired) electrons. The molecule has 0 fully saturated rings. The van der Waals surface area contributed by atoms with Gasteiger partial charge in [0.1, 0.15) is 5.82 Å². The minimum atomic E-state index is -1.09. The molecule has 0 unspecified atom stereocenters. The molecule has 2 aromatic carbocycles. The Hall–Kier alpha value is -2.99. The van der Waals surface area contributed by atoms with Gasteiger partial charge in [0.15, 0.2) is 0 Å². The first-order valence-electron chi connectivity index (χ1n) is 8.80. The molecule has 138 valence electrons. The highest BCUT2D eigenvalue weighted by molar-refractivity contribution is 6.01. The number of fused-ring (bicyclic) bond motifs is 1. The van der Waals surface area contributed by atoms with E-state index in [1.807, 2.05) is 19.1 Å². The number of hydroxylamine groups is 1. The Morgan fingerprint density at radius 1 is 1.19 bits per heavy atom. The second-order valence-corrected chi connectivity index (χ2v) is 7.13. The van der Waals surface area contributed by atoms with Crippen LogP contribution in [0.25, 0.3) is 0 Å². The molecule has 1 aliphatic rings. The predicted molar refractivity (Wildman–Crippen MR) is 99.3 cm³/mol. The third kappa shape index (κ3) is 2.64. The number of aromatic nitrogens is 2. The van der Waals surface area contributed by atoms with Crippen LogP contribution in [0.1, 0.15) is 27.9 Å². The highest BCUT2D eigenvalue weighted by atomic mass is 19.1. The number of H-pyrrole nitrogens is 1. The van der Waals surface area contributed by atoms with Crippen LogP contribution in [0.4, 0.5) is 10.1 Å². The Balaban J connectivity index is 1.85. The van der Waals surface area contributed by atoms with Gasteiger partial charge in [0.25, 0.3) is 5.91 Å². The lowest BCUT2D eigenvalue weighted by Gasteiger charge is -2.33. The second-order valence-electron chi connectivity index (χ2n) is 7.13. The van der Waals surface area contributed by atoms with Gasteiger partial charge in [-0.3, -0.25) is 15.1 Å². The average molecular weight is 365 g/mol. The quantitative estimate of drug-likeness (QED) is 0.550. The largest absolute Gasteiger partial charge is 0.282 e. The van der Waals surface area contributed by atoms with E-state index in [0.29, 0.717) is 34.7 Å². The predicted octanol–water partition coefficient (Wildman–Crippen LogP) is 3.62. The van der Waals surface area contributed by atoms with Crippen molar-refractivity contribution in [2.45, 2.75) is 32.1 Å². The van der Waals surface area contributed by atoms with E-state index in [2.05, 4.69) is 10.2 Å². The van der Waals surface area contributed by atoms with Gasteiger partial charge in [-0.25, -0.2) is 4.39 Å².